The van der Waals surface area contributed by atoms with Crippen LogP contribution < -0.4 is 16.0 Å². The van der Waals surface area contributed by atoms with Gasteiger partial charge in [-0.3, -0.25) is 9.79 Å². The Bertz CT molecular complexity index is 712. The summed E-state index contributed by atoms with van der Waals surface area (Å²) >= 11 is 0. The molecule has 140 valence electrons. The first-order valence-corrected chi connectivity index (χ1v) is 8.55. The molecule has 1 aliphatic rings. The third-order valence-electron chi connectivity index (χ3n) is 4.51. The monoisotopic (exact) mass is 468 g/mol. The number of benzene rings is 1. The van der Waals surface area contributed by atoms with Gasteiger partial charge in [-0.15, -0.1) is 24.0 Å². The molecule has 26 heavy (non-hydrogen) atoms. The molecule has 2 aromatic rings. The molecule has 1 aliphatic carbocycles. The van der Waals surface area contributed by atoms with Crippen LogP contribution in [0.3, 0.4) is 0 Å². The van der Waals surface area contributed by atoms with E-state index in [1.54, 1.807) is 19.2 Å². The zero-order valence-electron chi connectivity index (χ0n) is 14.8. The fraction of sp³-hybridized carbons (Fsp3) is 0.368. The van der Waals surface area contributed by atoms with Crippen LogP contribution in [0.4, 0.5) is 0 Å². The number of furan rings is 1. The Morgan fingerprint density at radius 3 is 2.42 bits per heavy atom. The first-order chi connectivity index (χ1) is 12.2. The van der Waals surface area contributed by atoms with Gasteiger partial charge in [-0.1, -0.05) is 30.3 Å². The lowest BCUT2D eigenvalue weighted by Crippen LogP contribution is -2.44. The lowest BCUT2D eigenvalue weighted by atomic mass is 9.96. The number of aliphatic imine (C=N–C) groups is 1. The van der Waals surface area contributed by atoms with E-state index in [0.29, 0.717) is 18.8 Å². The van der Waals surface area contributed by atoms with E-state index in [9.17, 15) is 4.79 Å². The van der Waals surface area contributed by atoms with Crippen LogP contribution in [0.5, 0.6) is 0 Å². The van der Waals surface area contributed by atoms with Crippen LogP contribution in [-0.4, -0.2) is 38.5 Å². The molecular weight excluding hydrogens is 443 g/mol. The van der Waals surface area contributed by atoms with Gasteiger partial charge in [0, 0.05) is 32.1 Å². The predicted molar refractivity (Wildman–Crippen MR) is 113 cm³/mol. The molecular formula is C19H25IN4O2. The van der Waals surface area contributed by atoms with E-state index in [1.807, 2.05) is 6.07 Å². The number of carbonyl (C=O) groups excluding carboxylic acids is 1. The van der Waals surface area contributed by atoms with Crippen LogP contribution in [0.15, 0.2) is 58.1 Å². The van der Waals surface area contributed by atoms with E-state index in [4.69, 9.17) is 4.42 Å². The third-order valence-corrected chi connectivity index (χ3v) is 4.51. The summed E-state index contributed by atoms with van der Waals surface area (Å²) in [5, 5.41) is 9.41. The van der Waals surface area contributed by atoms with Gasteiger partial charge in [0.1, 0.15) is 0 Å². The third kappa shape index (κ3) is 5.23. The molecule has 1 fully saturated rings. The fourth-order valence-electron chi connectivity index (χ4n) is 2.84. The second-order valence-corrected chi connectivity index (χ2v) is 6.23. The number of hydrogen-bond donors (Lipinski definition) is 3. The topological polar surface area (TPSA) is 78.7 Å². The Morgan fingerprint density at radius 2 is 1.81 bits per heavy atom. The molecule has 7 heteroatoms. The molecule has 1 saturated carbocycles. The molecule has 0 radical (unpaired) electrons. The highest BCUT2D eigenvalue weighted by molar-refractivity contribution is 14.0. The standard InChI is InChI=1S/C19H24N4O2.HI/c1-20-18(22-12-11-21-17(24)16-8-5-13-25-16)23-14-19(9-10-19)15-6-3-2-4-7-15;/h2-8,13H,9-12,14H2,1H3,(H,21,24)(H2,20,22,23);1H. The van der Waals surface area contributed by atoms with Crippen LogP contribution in [0, 0.1) is 0 Å². The number of rotatable bonds is 7. The molecule has 0 spiro atoms. The molecule has 1 heterocycles. The summed E-state index contributed by atoms with van der Waals surface area (Å²) in [6.45, 7) is 1.93. The van der Waals surface area contributed by atoms with E-state index < -0.39 is 0 Å². The van der Waals surface area contributed by atoms with Gasteiger partial charge in [-0.25, -0.2) is 0 Å². The highest BCUT2D eigenvalue weighted by atomic mass is 127. The Kier molecular flexibility index (Phi) is 7.50. The summed E-state index contributed by atoms with van der Waals surface area (Å²) in [5.41, 5.74) is 1.61. The first-order valence-electron chi connectivity index (χ1n) is 8.55. The lowest BCUT2D eigenvalue weighted by molar-refractivity contribution is 0.0926. The molecule has 3 rings (SSSR count). The van der Waals surface area contributed by atoms with Crippen LogP contribution in [0.2, 0.25) is 0 Å². The van der Waals surface area contributed by atoms with Crippen LogP contribution in [0.25, 0.3) is 0 Å². The van der Waals surface area contributed by atoms with Gasteiger partial charge in [0.25, 0.3) is 5.91 Å². The van der Waals surface area contributed by atoms with Crippen LogP contribution in [-0.2, 0) is 5.41 Å². The average Bonchev–Trinajstić information content (AvgIpc) is 3.24. The molecule has 1 aromatic heterocycles. The number of carbonyl (C=O) groups is 1. The number of hydrogen-bond acceptors (Lipinski definition) is 3. The average molecular weight is 468 g/mol. The molecule has 0 bridgehead atoms. The van der Waals surface area contributed by atoms with Gasteiger partial charge in [0.05, 0.1) is 6.26 Å². The number of guanidine groups is 1. The SMILES string of the molecule is CN=C(NCCNC(=O)c1ccco1)NCC1(c2ccccc2)CC1.I. The highest BCUT2D eigenvalue weighted by Gasteiger charge is 2.43. The van der Waals surface area contributed by atoms with Crippen molar-refractivity contribution in [1.29, 1.82) is 0 Å². The largest absolute Gasteiger partial charge is 0.459 e. The maximum Gasteiger partial charge on any atom is 0.287 e. The Hall–Kier alpha value is -2.03. The molecule has 6 nitrogen and oxygen atoms in total. The van der Waals surface area contributed by atoms with E-state index in [-0.39, 0.29) is 35.3 Å². The zero-order chi connectivity index (χ0) is 17.5. The van der Waals surface area contributed by atoms with Crippen LogP contribution in [0.1, 0.15) is 29.0 Å². The quantitative estimate of drug-likeness (QED) is 0.253. The summed E-state index contributed by atoms with van der Waals surface area (Å²) in [4.78, 5) is 16.0. The van der Waals surface area contributed by atoms with Crippen molar-refractivity contribution in [1.82, 2.24) is 16.0 Å². The van der Waals surface area contributed by atoms with E-state index >= 15 is 0 Å². The summed E-state index contributed by atoms with van der Waals surface area (Å²) < 4.78 is 5.05. The number of nitrogens with one attached hydrogen (secondary N) is 3. The maximum atomic E-state index is 11.8. The Balaban J connectivity index is 0.00000243. The van der Waals surface area contributed by atoms with Crippen molar-refractivity contribution in [3.05, 3.63) is 60.1 Å². The molecule has 0 atom stereocenters. The molecule has 1 amide bonds. The predicted octanol–water partition coefficient (Wildman–Crippen LogP) is 2.52. The van der Waals surface area contributed by atoms with Crippen molar-refractivity contribution in [2.45, 2.75) is 18.3 Å². The van der Waals surface area contributed by atoms with Gasteiger partial charge in [0.2, 0.25) is 0 Å². The summed E-state index contributed by atoms with van der Waals surface area (Å²) in [6, 6.07) is 13.9. The van der Waals surface area contributed by atoms with Gasteiger partial charge in [0.15, 0.2) is 11.7 Å². The van der Waals surface area contributed by atoms with E-state index in [2.05, 4.69) is 45.2 Å². The second kappa shape index (κ2) is 9.61. The number of amides is 1. The second-order valence-electron chi connectivity index (χ2n) is 6.23. The minimum atomic E-state index is -0.212. The summed E-state index contributed by atoms with van der Waals surface area (Å²) in [6.07, 6.45) is 3.87. The first kappa shape index (κ1) is 20.3. The van der Waals surface area contributed by atoms with Crippen molar-refractivity contribution in [2.24, 2.45) is 4.99 Å². The van der Waals surface area contributed by atoms with Gasteiger partial charge < -0.3 is 20.4 Å². The van der Waals surface area contributed by atoms with E-state index in [1.165, 1.54) is 24.7 Å². The van der Waals surface area contributed by atoms with Crippen molar-refractivity contribution in [2.75, 3.05) is 26.7 Å². The molecule has 1 aromatic carbocycles. The minimum Gasteiger partial charge on any atom is -0.459 e. The lowest BCUT2D eigenvalue weighted by Gasteiger charge is -2.19. The summed E-state index contributed by atoms with van der Waals surface area (Å²) in [7, 11) is 1.75. The van der Waals surface area contributed by atoms with Gasteiger partial charge in [-0.2, -0.15) is 0 Å². The number of nitrogens with zero attached hydrogens (tertiary/aromatic N) is 1. The van der Waals surface area contributed by atoms with Crippen LogP contribution >= 0.6 is 24.0 Å². The molecule has 0 aliphatic heterocycles. The highest BCUT2D eigenvalue weighted by Crippen LogP contribution is 2.47. The van der Waals surface area contributed by atoms with Crippen molar-refractivity contribution < 1.29 is 9.21 Å². The fourth-order valence-corrected chi connectivity index (χ4v) is 2.84. The van der Waals surface area contributed by atoms with Crippen molar-refractivity contribution in [3.63, 3.8) is 0 Å². The zero-order valence-corrected chi connectivity index (χ0v) is 17.2. The summed E-state index contributed by atoms with van der Waals surface area (Å²) in [5.74, 6) is 0.853. The molecule has 0 saturated heterocycles. The smallest absolute Gasteiger partial charge is 0.287 e. The Morgan fingerprint density at radius 1 is 1.08 bits per heavy atom. The number of halogens is 1. The molecule has 3 N–H and O–H groups in total. The van der Waals surface area contributed by atoms with Gasteiger partial charge in [-0.05, 0) is 30.5 Å². The van der Waals surface area contributed by atoms with Crippen molar-refractivity contribution >= 4 is 35.8 Å². The minimum absolute atomic E-state index is 0. The molecule has 0 unspecified atom stereocenters. The van der Waals surface area contributed by atoms with Gasteiger partial charge >= 0.3 is 0 Å². The Labute approximate surface area is 170 Å². The van der Waals surface area contributed by atoms with E-state index in [0.717, 1.165) is 12.5 Å². The normalized spacial score (nSPS) is 14.9. The van der Waals surface area contributed by atoms with Crippen molar-refractivity contribution in [3.8, 4) is 0 Å². The maximum absolute atomic E-state index is 11.8.